The van der Waals surface area contributed by atoms with Gasteiger partial charge in [0.1, 0.15) is 12.5 Å². The molecule has 0 amide bonds. The smallest absolute Gasteiger partial charge is 0.312 e. The summed E-state index contributed by atoms with van der Waals surface area (Å²) in [4.78, 5) is 14.5. The molecule has 90 valence electrons. The van der Waals surface area contributed by atoms with Crippen LogP contribution in [0.3, 0.4) is 0 Å². The minimum absolute atomic E-state index is 0.0915. The summed E-state index contributed by atoms with van der Waals surface area (Å²) >= 11 is 0. The first-order chi connectivity index (χ1) is 7.34. The number of hydrogen-bond donors (Lipinski definition) is 1. The number of nitrogens with zero attached hydrogens (tertiary/aromatic N) is 2. The van der Waals surface area contributed by atoms with Crippen LogP contribution in [0.1, 0.15) is 38.6 Å². The third-order valence-electron chi connectivity index (χ3n) is 2.04. The van der Waals surface area contributed by atoms with E-state index in [-0.39, 0.29) is 23.8 Å². The van der Waals surface area contributed by atoms with Gasteiger partial charge in [-0.05, 0) is 5.41 Å². The molecule has 0 saturated heterocycles. The van der Waals surface area contributed by atoms with Crippen molar-refractivity contribution < 1.29 is 19.2 Å². The van der Waals surface area contributed by atoms with Gasteiger partial charge in [-0.1, -0.05) is 25.9 Å². The average Bonchev–Trinajstić information content (AvgIpc) is 2.50. The highest BCUT2D eigenvalue weighted by Gasteiger charge is 2.30. The monoisotopic (exact) mass is 228 g/mol. The third kappa shape index (κ3) is 3.03. The summed E-state index contributed by atoms with van der Waals surface area (Å²) < 4.78 is 10.1. The van der Waals surface area contributed by atoms with Gasteiger partial charge in [0.25, 0.3) is 0 Å². The fourth-order valence-electron chi connectivity index (χ4n) is 1.42. The van der Waals surface area contributed by atoms with Crippen LogP contribution in [0.4, 0.5) is 0 Å². The number of carboxylic acids is 1. The van der Waals surface area contributed by atoms with E-state index in [9.17, 15) is 4.79 Å². The highest BCUT2D eigenvalue weighted by Crippen LogP contribution is 2.33. The Morgan fingerprint density at radius 1 is 1.56 bits per heavy atom. The summed E-state index contributed by atoms with van der Waals surface area (Å²) in [5, 5.41) is 12.3. The molecule has 1 heterocycles. The molecule has 1 unspecified atom stereocenters. The number of hydrogen-bond acceptors (Lipinski definition) is 5. The quantitative estimate of drug-likeness (QED) is 0.839. The molecule has 0 aliphatic carbocycles. The number of aromatic nitrogens is 2. The lowest BCUT2D eigenvalue weighted by Crippen LogP contribution is -2.21. The first-order valence-corrected chi connectivity index (χ1v) is 4.91. The van der Waals surface area contributed by atoms with Crippen molar-refractivity contribution >= 4 is 5.97 Å². The molecule has 6 nitrogen and oxygen atoms in total. The lowest BCUT2D eigenvalue weighted by atomic mass is 9.88. The number of carbonyl (C=O) groups is 1. The van der Waals surface area contributed by atoms with Gasteiger partial charge >= 0.3 is 5.97 Å². The topological polar surface area (TPSA) is 85.5 Å². The molecule has 1 aromatic rings. The molecule has 0 aliphatic rings. The van der Waals surface area contributed by atoms with Crippen molar-refractivity contribution in [1.82, 2.24) is 10.1 Å². The largest absolute Gasteiger partial charge is 0.481 e. The Morgan fingerprint density at radius 3 is 2.62 bits per heavy atom. The number of ether oxygens (including phenoxy) is 1. The van der Waals surface area contributed by atoms with Crippen molar-refractivity contribution in [3.05, 3.63) is 11.7 Å². The third-order valence-corrected chi connectivity index (χ3v) is 2.04. The molecule has 1 aromatic heterocycles. The van der Waals surface area contributed by atoms with E-state index in [0.717, 1.165) is 0 Å². The highest BCUT2D eigenvalue weighted by atomic mass is 16.5. The Labute approximate surface area is 93.6 Å². The van der Waals surface area contributed by atoms with Gasteiger partial charge in [-0.25, -0.2) is 0 Å². The van der Waals surface area contributed by atoms with E-state index in [4.69, 9.17) is 14.4 Å². The van der Waals surface area contributed by atoms with Crippen LogP contribution in [-0.4, -0.2) is 28.3 Å². The van der Waals surface area contributed by atoms with Gasteiger partial charge in [0.05, 0.1) is 0 Å². The molecule has 16 heavy (non-hydrogen) atoms. The van der Waals surface area contributed by atoms with Gasteiger partial charge in [-0.2, -0.15) is 4.98 Å². The Morgan fingerprint density at radius 2 is 2.19 bits per heavy atom. The van der Waals surface area contributed by atoms with Crippen LogP contribution in [0.25, 0.3) is 0 Å². The standard InChI is InChI=1S/C10H16N2O4/c1-10(2,3)8(15-4)9-11-6(16-12-9)5-7(13)14/h8H,5H2,1-4H3,(H,13,14). The molecule has 0 fully saturated rings. The van der Waals surface area contributed by atoms with Gasteiger partial charge in [-0.15, -0.1) is 0 Å². The van der Waals surface area contributed by atoms with Crippen molar-refractivity contribution in [3.63, 3.8) is 0 Å². The Kier molecular flexibility index (Phi) is 3.64. The van der Waals surface area contributed by atoms with Crippen molar-refractivity contribution in [2.75, 3.05) is 7.11 Å². The molecule has 1 rings (SSSR count). The summed E-state index contributed by atoms with van der Waals surface area (Å²) in [5.41, 5.74) is -0.181. The van der Waals surface area contributed by atoms with Crippen LogP contribution in [0.2, 0.25) is 0 Å². The predicted octanol–water partition coefficient (Wildman–Crippen LogP) is 1.43. The van der Waals surface area contributed by atoms with Crippen molar-refractivity contribution in [1.29, 1.82) is 0 Å². The van der Waals surface area contributed by atoms with Crippen LogP contribution in [-0.2, 0) is 16.0 Å². The van der Waals surface area contributed by atoms with Crippen LogP contribution in [0, 0.1) is 5.41 Å². The van der Waals surface area contributed by atoms with Crippen molar-refractivity contribution in [2.24, 2.45) is 5.41 Å². The zero-order valence-corrected chi connectivity index (χ0v) is 9.85. The maximum absolute atomic E-state index is 10.5. The zero-order chi connectivity index (χ0) is 12.3. The highest BCUT2D eigenvalue weighted by molar-refractivity contribution is 5.68. The molecule has 0 radical (unpaired) electrons. The average molecular weight is 228 g/mol. The molecule has 0 aromatic carbocycles. The fraction of sp³-hybridized carbons (Fsp3) is 0.700. The second-order valence-electron chi connectivity index (χ2n) is 4.60. The molecule has 0 aliphatic heterocycles. The van der Waals surface area contributed by atoms with E-state index in [2.05, 4.69) is 10.1 Å². The molecule has 1 N–H and O–H groups in total. The summed E-state index contributed by atoms with van der Waals surface area (Å²) in [5.74, 6) is -0.528. The lowest BCUT2D eigenvalue weighted by molar-refractivity contribution is -0.136. The Bertz CT molecular complexity index is 367. The van der Waals surface area contributed by atoms with E-state index in [1.807, 2.05) is 20.8 Å². The molecule has 0 bridgehead atoms. The number of aliphatic carboxylic acids is 1. The van der Waals surface area contributed by atoms with Gasteiger partial charge < -0.3 is 14.4 Å². The number of rotatable bonds is 4. The van der Waals surface area contributed by atoms with E-state index >= 15 is 0 Å². The molecule has 6 heteroatoms. The molecule has 1 atom stereocenters. The van der Waals surface area contributed by atoms with Crippen LogP contribution in [0.5, 0.6) is 0 Å². The second kappa shape index (κ2) is 4.61. The summed E-state index contributed by atoms with van der Waals surface area (Å²) in [6.07, 6.45) is -0.591. The maximum Gasteiger partial charge on any atom is 0.312 e. The SMILES string of the molecule is COC(c1noc(CC(=O)O)n1)C(C)(C)C. The second-order valence-corrected chi connectivity index (χ2v) is 4.60. The van der Waals surface area contributed by atoms with Gasteiger partial charge in [-0.3, -0.25) is 4.79 Å². The number of carboxylic acid groups (broad SMARTS) is 1. The van der Waals surface area contributed by atoms with E-state index in [1.54, 1.807) is 7.11 Å². The molecule has 0 spiro atoms. The zero-order valence-electron chi connectivity index (χ0n) is 9.85. The first-order valence-electron chi connectivity index (χ1n) is 4.91. The lowest BCUT2D eigenvalue weighted by Gasteiger charge is -2.26. The van der Waals surface area contributed by atoms with Crippen LogP contribution in [0.15, 0.2) is 4.52 Å². The first kappa shape index (κ1) is 12.6. The molecular formula is C10H16N2O4. The van der Waals surface area contributed by atoms with E-state index < -0.39 is 5.97 Å². The Balaban J connectivity index is 2.87. The van der Waals surface area contributed by atoms with Gasteiger partial charge in [0.2, 0.25) is 11.7 Å². The van der Waals surface area contributed by atoms with E-state index in [1.165, 1.54) is 0 Å². The summed E-state index contributed by atoms with van der Waals surface area (Å²) in [7, 11) is 1.56. The van der Waals surface area contributed by atoms with Gasteiger partial charge in [0, 0.05) is 7.11 Å². The van der Waals surface area contributed by atoms with Crippen LogP contribution < -0.4 is 0 Å². The number of methoxy groups -OCH3 is 1. The maximum atomic E-state index is 10.5. The van der Waals surface area contributed by atoms with Gasteiger partial charge in [0.15, 0.2) is 0 Å². The Hall–Kier alpha value is -1.43. The van der Waals surface area contributed by atoms with Crippen LogP contribution >= 0.6 is 0 Å². The molecular weight excluding hydrogens is 212 g/mol. The van der Waals surface area contributed by atoms with Crippen molar-refractivity contribution in [2.45, 2.75) is 33.3 Å². The minimum Gasteiger partial charge on any atom is -0.481 e. The summed E-state index contributed by atoms with van der Waals surface area (Å²) in [6.45, 7) is 5.94. The minimum atomic E-state index is -1.00. The molecule has 0 saturated carbocycles. The normalized spacial score (nSPS) is 13.8. The fourth-order valence-corrected chi connectivity index (χ4v) is 1.42. The summed E-state index contributed by atoms with van der Waals surface area (Å²) in [6, 6.07) is 0. The van der Waals surface area contributed by atoms with Crippen molar-refractivity contribution in [3.8, 4) is 0 Å². The van der Waals surface area contributed by atoms with E-state index in [0.29, 0.717) is 5.82 Å². The predicted molar refractivity (Wildman–Crippen MR) is 54.8 cm³/mol.